The molecular weight excluding hydrogens is 352 g/mol. The molecule has 2 heteroatoms. The Morgan fingerprint density at radius 2 is 1.24 bits per heavy atom. The van der Waals surface area contributed by atoms with Gasteiger partial charge in [-0.2, -0.15) is 0 Å². The fraction of sp³-hybridized carbons (Fsp3) is 0.222. The summed E-state index contributed by atoms with van der Waals surface area (Å²) in [6.07, 6.45) is 2.15. The maximum atomic E-state index is 5.10. The molecule has 0 saturated heterocycles. The third-order valence-electron chi connectivity index (χ3n) is 5.73. The molecule has 146 valence electrons. The zero-order valence-electron chi connectivity index (χ0n) is 18.2. The number of hydrogen-bond acceptors (Lipinski definition) is 1. The predicted octanol–water partition coefficient (Wildman–Crippen LogP) is 6.96. The van der Waals surface area contributed by atoms with Crippen molar-refractivity contribution in [2.45, 2.75) is 34.6 Å². The van der Waals surface area contributed by atoms with E-state index in [1.807, 2.05) is 0 Å². The first kappa shape index (κ1) is 19.2. The molecule has 2 nitrogen and oxygen atoms in total. The van der Waals surface area contributed by atoms with Crippen molar-refractivity contribution in [2.75, 3.05) is 0 Å². The van der Waals surface area contributed by atoms with Crippen LogP contribution in [-0.4, -0.2) is 9.55 Å². The number of nitrogens with zero attached hydrogens (tertiary/aromatic N) is 2. The number of aromatic nitrogens is 2. The number of benzene rings is 3. The van der Waals surface area contributed by atoms with Gasteiger partial charge in [-0.3, -0.25) is 0 Å². The van der Waals surface area contributed by atoms with Crippen LogP contribution >= 0.6 is 0 Å². The third-order valence-corrected chi connectivity index (χ3v) is 5.73. The normalized spacial score (nSPS) is 11.1. The van der Waals surface area contributed by atoms with Crippen molar-refractivity contribution in [1.29, 1.82) is 0 Å². The molecule has 4 rings (SSSR count). The molecule has 29 heavy (non-hydrogen) atoms. The van der Waals surface area contributed by atoms with E-state index in [4.69, 9.17) is 4.98 Å². The van der Waals surface area contributed by atoms with Crippen LogP contribution in [0.15, 0.2) is 60.8 Å². The van der Waals surface area contributed by atoms with Crippen LogP contribution in [0.5, 0.6) is 0 Å². The van der Waals surface area contributed by atoms with E-state index in [1.165, 1.54) is 50.1 Å². The third kappa shape index (κ3) is 3.40. The van der Waals surface area contributed by atoms with Gasteiger partial charge in [-0.05, 0) is 68.0 Å². The van der Waals surface area contributed by atoms with Crippen LogP contribution in [0.4, 0.5) is 0 Å². The van der Waals surface area contributed by atoms with Crippen LogP contribution in [0.2, 0.25) is 0 Å². The summed E-state index contributed by atoms with van der Waals surface area (Å²) in [4.78, 5) is 5.10. The summed E-state index contributed by atoms with van der Waals surface area (Å²) in [7, 11) is 2.09. The molecule has 4 aromatic rings. The van der Waals surface area contributed by atoms with Gasteiger partial charge in [-0.15, -0.1) is 0 Å². The minimum Gasteiger partial charge on any atom is -0.333 e. The molecular formula is C27H28N2. The van der Waals surface area contributed by atoms with Crippen molar-refractivity contribution in [3.8, 4) is 33.8 Å². The van der Waals surface area contributed by atoms with Crippen LogP contribution in [0, 0.1) is 34.6 Å². The maximum absolute atomic E-state index is 5.10. The number of hydrogen-bond donors (Lipinski definition) is 0. The van der Waals surface area contributed by atoms with Gasteiger partial charge in [0.2, 0.25) is 0 Å². The Morgan fingerprint density at radius 1 is 0.655 bits per heavy atom. The smallest absolute Gasteiger partial charge is 0.141 e. The molecule has 0 fully saturated rings. The molecule has 3 aromatic carbocycles. The minimum atomic E-state index is 0.998. The summed E-state index contributed by atoms with van der Waals surface area (Å²) < 4.78 is 2.15. The lowest BCUT2D eigenvalue weighted by molar-refractivity contribution is 0.925. The van der Waals surface area contributed by atoms with Crippen LogP contribution in [0.25, 0.3) is 33.8 Å². The first-order valence-corrected chi connectivity index (χ1v) is 10.1. The van der Waals surface area contributed by atoms with Crippen molar-refractivity contribution in [2.24, 2.45) is 7.05 Å². The maximum Gasteiger partial charge on any atom is 0.141 e. The van der Waals surface area contributed by atoms with Gasteiger partial charge in [-0.25, -0.2) is 4.98 Å². The van der Waals surface area contributed by atoms with E-state index in [1.54, 1.807) is 0 Å². The monoisotopic (exact) mass is 380 g/mol. The second-order valence-corrected chi connectivity index (χ2v) is 8.15. The van der Waals surface area contributed by atoms with Gasteiger partial charge in [0.05, 0.1) is 5.69 Å². The molecule has 0 amide bonds. The average molecular weight is 381 g/mol. The van der Waals surface area contributed by atoms with Crippen LogP contribution in [0.3, 0.4) is 0 Å². The summed E-state index contributed by atoms with van der Waals surface area (Å²) in [5.74, 6) is 0.998. The topological polar surface area (TPSA) is 17.8 Å². The molecule has 0 atom stereocenters. The summed E-state index contributed by atoms with van der Waals surface area (Å²) >= 11 is 0. The Bertz CT molecular complexity index is 1170. The Balaban J connectivity index is 1.92. The number of rotatable bonds is 3. The summed E-state index contributed by atoms with van der Waals surface area (Å²) in [6.45, 7) is 10.9. The highest BCUT2D eigenvalue weighted by Crippen LogP contribution is 2.37. The lowest BCUT2D eigenvalue weighted by atomic mass is 9.90. The molecule has 0 aliphatic carbocycles. The minimum absolute atomic E-state index is 0.998. The fourth-order valence-electron chi connectivity index (χ4n) is 4.56. The van der Waals surface area contributed by atoms with Gasteiger partial charge >= 0.3 is 0 Å². The van der Waals surface area contributed by atoms with Crippen LogP contribution in [-0.2, 0) is 7.05 Å². The average Bonchev–Trinajstić information content (AvgIpc) is 3.02. The Labute approximate surface area is 173 Å². The SMILES string of the molecule is Cc1cc(C)c(-c2ccccc2-c2nc(-c3c(C)cccc3C)cn2C)c(C)c1. The summed E-state index contributed by atoms with van der Waals surface area (Å²) in [5.41, 5.74) is 12.4. The van der Waals surface area contributed by atoms with E-state index in [0.29, 0.717) is 0 Å². The van der Waals surface area contributed by atoms with Gasteiger partial charge in [-0.1, -0.05) is 60.2 Å². The highest BCUT2D eigenvalue weighted by Gasteiger charge is 2.17. The van der Waals surface area contributed by atoms with E-state index in [9.17, 15) is 0 Å². The molecule has 1 heterocycles. The number of aryl methyl sites for hydroxylation is 6. The van der Waals surface area contributed by atoms with E-state index in [2.05, 4.69) is 107 Å². The molecule has 0 spiro atoms. The standard InChI is InChI=1S/C27H28N2/c1-17-14-20(4)25(21(5)15-17)22-12-7-8-13-23(22)27-28-24(16-29(27)6)26-18(2)10-9-11-19(26)3/h7-16H,1-6H3. The van der Waals surface area contributed by atoms with Gasteiger partial charge in [0.25, 0.3) is 0 Å². The number of imidazole rings is 1. The van der Waals surface area contributed by atoms with Crippen molar-refractivity contribution in [3.63, 3.8) is 0 Å². The predicted molar refractivity (Wildman–Crippen MR) is 123 cm³/mol. The Morgan fingerprint density at radius 3 is 1.86 bits per heavy atom. The van der Waals surface area contributed by atoms with Gasteiger partial charge in [0.15, 0.2) is 0 Å². The van der Waals surface area contributed by atoms with Gasteiger partial charge in [0, 0.05) is 24.4 Å². The highest BCUT2D eigenvalue weighted by atomic mass is 15.0. The van der Waals surface area contributed by atoms with Crippen LogP contribution in [0.1, 0.15) is 27.8 Å². The lowest BCUT2D eigenvalue weighted by Gasteiger charge is -2.15. The second-order valence-electron chi connectivity index (χ2n) is 8.15. The molecule has 0 radical (unpaired) electrons. The summed E-state index contributed by atoms with van der Waals surface area (Å²) in [6, 6.07) is 19.6. The zero-order valence-corrected chi connectivity index (χ0v) is 18.2. The van der Waals surface area contributed by atoms with Crippen molar-refractivity contribution in [1.82, 2.24) is 9.55 Å². The summed E-state index contributed by atoms with van der Waals surface area (Å²) in [5, 5.41) is 0. The van der Waals surface area contributed by atoms with E-state index in [-0.39, 0.29) is 0 Å². The van der Waals surface area contributed by atoms with Gasteiger partial charge < -0.3 is 4.57 Å². The molecule has 0 aliphatic rings. The van der Waals surface area contributed by atoms with Crippen molar-refractivity contribution < 1.29 is 0 Å². The van der Waals surface area contributed by atoms with E-state index >= 15 is 0 Å². The molecule has 1 aromatic heterocycles. The lowest BCUT2D eigenvalue weighted by Crippen LogP contribution is -1.96. The van der Waals surface area contributed by atoms with Crippen molar-refractivity contribution in [3.05, 3.63) is 88.6 Å². The highest BCUT2D eigenvalue weighted by molar-refractivity contribution is 5.85. The molecule has 0 aliphatic heterocycles. The molecule has 0 saturated carbocycles. The fourth-order valence-corrected chi connectivity index (χ4v) is 4.56. The van der Waals surface area contributed by atoms with Gasteiger partial charge in [0.1, 0.15) is 5.82 Å². The largest absolute Gasteiger partial charge is 0.333 e. The second kappa shape index (κ2) is 7.36. The zero-order chi connectivity index (χ0) is 20.7. The van der Waals surface area contributed by atoms with Crippen molar-refractivity contribution >= 4 is 0 Å². The first-order chi connectivity index (χ1) is 13.9. The Kier molecular flexibility index (Phi) is 4.87. The molecule has 0 unspecified atom stereocenters. The first-order valence-electron chi connectivity index (χ1n) is 10.1. The Hall–Kier alpha value is -3.13. The molecule has 0 N–H and O–H groups in total. The van der Waals surface area contributed by atoms with Crippen LogP contribution < -0.4 is 0 Å². The van der Waals surface area contributed by atoms with E-state index < -0.39 is 0 Å². The van der Waals surface area contributed by atoms with E-state index in [0.717, 1.165) is 11.5 Å². The quantitative estimate of drug-likeness (QED) is 0.375. The molecule has 0 bridgehead atoms.